The zero-order valence-electron chi connectivity index (χ0n) is 23.8. The number of thioether (sulfide) groups is 1. The van der Waals surface area contributed by atoms with Gasteiger partial charge in [-0.25, -0.2) is 9.89 Å². The lowest BCUT2D eigenvalue weighted by atomic mass is 10.0. The molecule has 3 aromatic carbocycles. The molecule has 0 unspecified atom stereocenters. The largest absolute Gasteiger partial charge is 0.496 e. The van der Waals surface area contributed by atoms with Crippen LogP contribution >= 0.6 is 11.8 Å². The van der Waals surface area contributed by atoms with Crippen LogP contribution in [0.3, 0.4) is 0 Å². The maximum absolute atomic E-state index is 13.5. The highest BCUT2D eigenvalue weighted by atomic mass is 32.2. The number of benzene rings is 3. The fraction of sp³-hybridized carbons (Fsp3) is 0.281. The highest BCUT2D eigenvalue weighted by molar-refractivity contribution is 8.14. The van der Waals surface area contributed by atoms with Crippen LogP contribution in [-0.2, 0) is 20.9 Å². The second-order valence-corrected chi connectivity index (χ2v) is 11.2. The van der Waals surface area contributed by atoms with Crippen molar-refractivity contribution in [3.05, 3.63) is 89.5 Å². The third-order valence-electron chi connectivity index (χ3n) is 7.05. The van der Waals surface area contributed by atoms with E-state index in [1.165, 1.54) is 22.2 Å². The van der Waals surface area contributed by atoms with Gasteiger partial charge in [-0.2, -0.15) is 0 Å². The van der Waals surface area contributed by atoms with Crippen molar-refractivity contribution in [1.82, 2.24) is 10.2 Å². The number of para-hydroxylation sites is 2. The Bertz CT molecular complexity index is 1550. The van der Waals surface area contributed by atoms with E-state index >= 15 is 0 Å². The molecule has 10 heteroatoms. The number of methoxy groups -OCH3 is 1. The molecule has 9 nitrogen and oxygen atoms in total. The SMILES string of the molecule is COc1ccccc1CNC(=O)CC[C@H]1N=C2c3ccccc3N=C(SCC(=O)Nc3ccc(C(C)C)cc3)N2C1=O. The molecule has 0 saturated carbocycles. The molecule has 1 atom stereocenters. The molecule has 2 heterocycles. The average Bonchev–Trinajstić information content (AvgIpc) is 3.34. The van der Waals surface area contributed by atoms with E-state index in [0.717, 1.165) is 11.1 Å². The van der Waals surface area contributed by atoms with Crippen molar-refractivity contribution in [3.8, 4) is 5.75 Å². The Morgan fingerprint density at radius 3 is 2.50 bits per heavy atom. The van der Waals surface area contributed by atoms with Gasteiger partial charge in [-0.3, -0.25) is 19.4 Å². The molecular formula is C32H33N5O4S. The first kappa shape index (κ1) is 29.1. The summed E-state index contributed by atoms with van der Waals surface area (Å²) < 4.78 is 5.34. The van der Waals surface area contributed by atoms with Crippen LogP contribution in [-0.4, -0.2) is 52.5 Å². The van der Waals surface area contributed by atoms with Gasteiger partial charge in [-0.05, 0) is 48.2 Å². The zero-order chi connectivity index (χ0) is 29.6. The van der Waals surface area contributed by atoms with Crippen LogP contribution in [0.25, 0.3) is 0 Å². The summed E-state index contributed by atoms with van der Waals surface area (Å²) in [4.78, 5) is 49.8. The van der Waals surface area contributed by atoms with E-state index in [1.807, 2.05) is 72.8 Å². The van der Waals surface area contributed by atoms with Crippen LogP contribution in [0.5, 0.6) is 5.75 Å². The average molecular weight is 584 g/mol. The number of hydrogen-bond donors (Lipinski definition) is 2. The Hall–Kier alpha value is -4.44. The third kappa shape index (κ3) is 6.54. The van der Waals surface area contributed by atoms with E-state index in [1.54, 1.807) is 7.11 Å². The van der Waals surface area contributed by atoms with Gasteiger partial charge in [0, 0.05) is 29.8 Å². The van der Waals surface area contributed by atoms with Crippen LogP contribution in [0.2, 0.25) is 0 Å². The standard InChI is InChI=1S/C32H33N5O4S/c1-20(2)21-12-14-23(15-13-21)34-29(39)19-42-32-36-25-10-6-5-9-24(25)30-35-26(31(40)37(30)32)16-17-28(38)33-18-22-8-4-7-11-27(22)41-3/h4-15,20,26H,16-19H2,1-3H3,(H,33,38)(H,34,39)/t26-/m1/s1. The Morgan fingerprint density at radius 2 is 1.74 bits per heavy atom. The number of amides is 3. The van der Waals surface area contributed by atoms with Gasteiger partial charge in [-0.1, -0.05) is 68.1 Å². The van der Waals surface area contributed by atoms with Crippen molar-refractivity contribution < 1.29 is 19.1 Å². The zero-order valence-corrected chi connectivity index (χ0v) is 24.6. The minimum Gasteiger partial charge on any atom is -0.496 e. The third-order valence-corrected chi connectivity index (χ3v) is 7.99. The van der Waals surface area contributed by atoms with Crippen molar-refractivity contribution >= 4 is 51.9 Å². The molecule has 0 aliphatic carbocycles. The normalized spacial score (nSPS) is 15.5. The number of anilines is 1. The van der Waals surface area contributed by atoms with E-state index in [9.17, 15) is 14.4 Å². The first-order chi connectivity index (χ1) is 20.3. The van der Waals surface area contributed by atoms with E-state index < -0.39 is 6.04 Å². The van der Waals surface area contributed by atoms with Crippen LogP contribution in [0, 0.1) is 0 Å². The number of nitrogens with zero attached hydrogens (tertiary/aromatic N) is 3. The maximum Gasteiger partial charge on any atom is 0.259 e. The highest BCUT2D eigenvalue weighted by Crippen LogP contribution is 2.34. The lowest BCUT2D eigenvalue weighted by molar-refractivity contribution is -0.125. The molecule has 3 amide bonds. The van der Waals surface area contributed by atoms with Crippen LogP contribution in [0.4, 0.5) is 11.4 Å². The first-order valence-corrected chi connectivity index (χ1v) is 14.8. The Morgan fingerprint density at radius 1 is 1.00 bits per heavy atom. The van der Waals surface area contributed by atoms with E-state index in [0.29, 0.717) is 40.6 Å². The number of fused-ring (bicyclic) bond motifs is 3. The summed E-state index contributed by atoms with van der Waals surface area (Å²) in [7, 11) is 1.59. The van der Waals surface area contributed by atoms with Crippen molar-refractivity contribution in [2.75, 3.05) is 18.2 Å². The molecular weight excluding hydrogens is 550 g/mol. The number of nitrogens with one attached hydrogen (secondary N) is 2. The summed E-state index contributed by atoms with van der Waals surface area (Å²) in [5, 5.41) is 6.20. The van der Waals surface area contributed by atoms with Crippen LogP contribution in [0.1, 0.15) is 49.3 Å². The number of carbonyl (C=O) groups excluding carboxylic acids is 3. The number of ether oxygens (including phenoxy) is 1. The Labute approximate surface area is 249 Å². The molecule has 0 radical (unpaired) electrons. The molecule has 0 aromatic heterocycles. The molecule has 3 aromatic rings. The molecule has 0 saturated heterocycles. The van der Waals surface area contributed by atoms with E-state index in [-0.39, 0.29) is 36.3 Å². The van der Waals surface area contributed by atoms with Gasteiger partial charge in [0.2, 0.25) is 11.8 Å². The van der Waals surface area contributed by atoms with Gasteiger partial charge >= 0.3 is 0 Å². The summed E-state index contributed by atoms with van der Waals surface area (Å²) in [6.07, 6.45) is 0.388. The fourth-order valence-electron chi connectivity index (χ4n) is 4.76. The van der Waals surface area contributed by atoms with Gasteiger partial charge < -0.3 is 15.4 Å². The molecule has 5 rings (SSSR count). The summed E-state index contributed by atoms with van der Waals surface area (Å²) >= 11 is 1.18. The monoisotopic (exact) mass is 583 g/mol. The molecule has 216 valence electrons. The number of aliphatic imine (C=N–C) groups is 2. The molecule has 2 aliphatic heterocycles. The Balaban J connectivity index is 1.22. The minimum atomic E-state index is -0.720. The summed E-state index contributed by atoms with van der Waals surface area (Å²) in [5.41, 5.74) is 4.20. The van der Waals surface area contributed by atoms with Gasteiger partial charge in [0.25, 0.3) is 5.91 Å². The summed E-state index contributed by atoms with van der Waals surface area (Å²) in [5.74, 6) is 1.04. The van der Waals surface area contributed by atoms with Gasteiger partial charge in [-0.15, -0.1) is 0 Å². The quantitative estimate of drug-likeness (QED) is 0.339. The predicted octanol–water partition coefficient (Wildman–Crippen LogP) is 5.25. The first-order valence-electron chi connectivity index (χ1n) is 13.8. The van der Waals surface area contributed by atoms with Crippen LogP contribution in [0.15, 0.2) is 82.8 Å². The van der Waals surface area contributed by atoms with Crippen molar-refractivity contribution in [2.24, 2.45) is 9.98 Å². The molecule has 0 bridgehead atoms. The maximum atomic E-state index is 13.5. The van der Waals surface area contributed by atoms with Crippen molar-refractivity contribution in [1.29, 1.82) is 0 Å². The molecule has 0 spiro atoms. The van der Waals surface area contributed by atoms with Crippen LogP contribution < -0.4 is 15.4 Å². The predicted molar refractivity (Wildman–Crippen MR) is 166 cm³/mol. The van der Waals surface area contributed by atoms with Gasteiger partial charge in [0.1, 0.15) is 17.6 Å². The number of amidine groups is 2. The molecule has 42 heavy (non-hydrogen) atoms. The number of rotatable bonds is 10. The van der Waals surface area contributed by atoms with Crippen molar-refractivity contribution in [2.45, 2.75) is 45.2 Å². The fourth-order valence-corrected chi connectivity index (χ4v) is 5.57. The van der Waals surface area contributed by atoms with E-state index in [4.69, 9.17) is 14.7 Å². The van der Waals surface area contributed by atoms with Crippen molar-refractivity contribution in [3.63, 3.8) is 0 Å². The topological polar surface area (TPSA) is 112 Å². The number of carbonyl (C=O) groups is 3. The second-order valence-electron chi connectivity index (χ2n) is 10.3. The lowest BCUT2D eigenvalue weighted by Crippen LogP contribution is -2.41. The van der Waals surface area contributed by atoms with Gasteiger partial charge in [0.15, 0.2) is 5.17 Å². The molecule has 2 N–H and O–H groups in total. The minimum absolute atomic E-state index is 0.0695. The second kappa shape index (κ2) is 13.0. The molecule has 2 aliphatic rings. The smallest absolute Gasteiger partial charge is 0.259 e. The van der Waals surface area contributed by atoms with Gasteiger partial charge in [0.05, 0.1) is 18.6 Å². The summed E-state index contributed by atoms with van der Waals surface area (Å²) in [6, 6.07) is 22.0. The summed E-state index contributed by atoms with van der Waals surface area (Å²) in [6.45, 7) is 4.56. The number of hydrogen-bond acceptors (Lipinski definition) is 7. The Kier molecular flexibility index (Phi) is 9.02. The van der Waals surface area contributed by atoms with E-state index in [2.05, 4.69) is 24.5 Å². The lowest BCUT2D eigenvalue weighted by Gasteiger charge is -2.25. The molecule has 0 fully saturated rings. The highest BCUT2D eigenvalue weighted by Gasteiger charge is 2.41.